The number of carbonyl (C=O) groups is 3. The van der Waals surface area contributed by atoms with Crippen LogP contribution in [0.1, 0.15) is 46.0 Å². The number of benzene rings is 6. The van der Waals surface area contributed by atoms with Gasteiger partial charge in [-0.3, -0.25) is 19.3 Å². The maximum absolute atomic E-state index is 15.6. The second kappa shape index (κ2) is 16.2. The van der Waals surface area contributed by atoms with Crippen molar-refractivity contribution >= 4 is 48.0 Å². The van der Waals surface area contributed by atoms with E-state index in [0.717, 1.165) is 33.7 Å². The van der Waals surface area contributed by atoms with Crippen LogP contribution in [0.2, 0.25) is 18.6 Å². The highest BCUT2D eigenvalue weighted by Crippen LogP contribution is 2.60. The first kappa shape index (κ1) is 41.5. The standard InChI is InChI=1S/C53H51N3O7Si/c1-34-50(64(3,4)41-26-24-40(61-2)25-27-41)48(30-49(58)54-32-37-16-6-5-15-36(37)29-39(54)33-57)63-53(34)43-19-8-9-20-44(43)55(52(53)60)31-35-14-13-17-38(28-35)56-45-21-10-12-23-47(45)62-46-22-11-7-18-42(46)51(56)59/h5-28,34,39,48,50,57H,29-33H2,1-4H3/t34-,39+,48+,50-,53+/m1/s1. The second-order valence-electron chi connectivity index (χ2n) is 18.0. The minimum absolute atomic E-state index is 0.0671. The van der Waals surface area contributed by atoms with Crippen molar-refractivity contribution in [2.75, 3.05) is 23.5 Å². The minimum Gasteiger partial charge on any atom is -0.497 e. The van der Waals surface area contributed by atoms with Crippen molar-refractivity contribution in [3.8, 4) is 17.2 Å². The predicted octanol–water partition coefficient (Wildman–Crippen LogP) is 8.88. The third-order valence-corrected chi connectivity index (χ3v) is 18.5. The summed E-state index contributed by atoms with van der Waals surface area (Å²) in [5, 5.41) is 11.7. The molecule has 64 heavy (non-hydrogen) atoms. The molecule has 4 aliphatic heterocycles. The Morgan fingerprint density at radius 1 is 0.812 bits per heavy atom. The van der Waals surface area contributed by atoms with Gasteiger partial charge < -0.3 is 29.1 Å². The van der Waals surface area contributed by atoms with E-state index in [2.05, 4.69) is 38.2 Å². The van der Waals surface area contributed by atoms with Crippen LogP contribution in [0.25, 0.3) is 0 Å². The van der Waals surface area contributed by atoms with Crippen LogP contribution in [-0.2, 0) is 39.4 Å². The molecule has 0 unspecified atom stereocenters. The monoisotopic (exact) mass is 869 g/mol. The molecular weight excluding hydrogens is 819 g/mol. The molecule has 10 nitrogen and oxygen atoms in total. The number of rotatable bonds is 9. The van der Waals surface area contributed by atoms with Crippen LogP contribution >= 0.6 is 0 Å². The Kier molecular flexibility index (Phi) is 10.5. The summed E-state index contributed by atoms with van der Waals surface area (Å²) in [6.45, 7) is 7.22. The fourth-order valence-electron chi connectivity index (χ4n) is 11.0. The summed E-state index contributed by atoms with van der Waals surface area (Å²) >= 11 is 0. The highest BCUT2D eigenvalue weighted by molar-refractivity contribution is 6.91. The summed E-state index contributed by atoms with van der Waals surface area (Å²) in [4.78, 5) is 50.0. The number of amides is 3. The fraction of sp³-hybridized carbons (Fsp3) is 0.264. The van der Waals surface area contributed by atoms with Crippen molar-refractivity contribution in [3.63, 3.8) is 0 Å². The summed E-state index contributed by atoms with van der Waals surface area (Å²) in [6, 6.07) is 46.3. The molecule has 1 N–H and O–H groups in total. The number of para-hydroxylation sites is 4. The normalized spacial score (nSPS) is 22.4. The van der Waals surface area contributed by atoms with Crippen LogP contribution in [0, 0.1) is 5.92 Å². The lowest BCUT2D eigenvalue weighted by Gasteiger charge is -2.39. The zero-order valence-electron chi connectivity index (χ0n) is 36.4. The van der Waals surface area contributed by atoms with Gasteiger partial charge in [-0.25, -0.2) is 0 Å². The van der Waals surface area contributed by atoms with Crippen LogP contribution in [0.4, 0.5) is 17.1 Å². The van der Waals surface area contributed by atoms with E-state index < -0.39 is 19.8 Å². The number of methoxy groups -OCH3 is 1. The average Bonchev–Trinajstić information content (AvgIpc) is 3.69. The SMILES string of the molecule is COc1ccc([Si](C)(C)[C@H]2[C@H](CC(=O)N3Cc4ccccc4C[C@H]3CO)O[C@@]3(C(=O)N(Cc4cccc(N5C(=O)c6ccccc6Oc6ccccc65)c4)c4ccccc43)[C@@H]2C)cc1. The lowest BCUT2D eigenvalue weighted by Crippen LogP contribution is -2.52. The fourth-order valence-corrected chi connectivity index (χ4v) is 15.0. The number of hydrogen-bond acceptors (Lipinski definition) is 7. The maximum Gasteiger partial charge on any atom is 0.266 e. The Morgan fingerprint density at radius 3 is 2.27 bits per heavy atom. The number of aliphatic hydroxyl groups is 1. The van der Waals surface area contributed by atoms with E-state index in [1.54, 1.807) is 24.1 Å². The van der Waals surface area contributed by atoms with Gasteiger partial charge in [-0.1, -0.05) is 116 Å². The topological polar surface area (TPSA) is 109 Å². The first-order valence-corrected chi connectivity index (χ1v) is 25.1. The molecule has 11 heteroatoms. The molecule has 0 radical (unpaired) electrons. The molecule has 5 atom stereocenters. The Balaban J connectivity index is 1.01. The van der Waals surface area contributed by atoms with E-state index in [1.165, 1.54) is 5.19 Å². The van der Waals surface area contributed by atoms with Crippen LogP contribution in [0.3, 0.4) is 0 Å². The van der Waals surface area contributed by atoms with E-state index in [4.69, 9.17) is 14.2 Å². The molecule has 6 aromatic carbocycles. The van der Waals surface area contributed by atoms with Gasteiger partial charge in [0.15, 0.2) is 11.4 Å². The van der Waals surface area contributed by atoms with E-state index >= 15 is 4.79 Å². The number of carbonyl (C=O) groups excluding carboxylic acids is 3. The van der Waals surface area contributed by atoms with E-state index in [9.17, 15) is 14.7 Å². The molecule has 10 rings (SSSR count). The van der Waals surface area contributed by atoms with Crippen LogP contribution in [0.5, 0.6) is 17.2 Å². The van der Waals surface area contributed by atoms with Crippen molar-refractivity contribution in [1.29, 1.82) is 0 Å². The molecular formula is C53H51N3O7Si. The molecule has 4 heterocycles. The van der Waals surface area contributed by atoms with Crippen LogP contribution in [0.15, 0.2) is 146 Å². The van der Waals surface area contributed by atoms with Gasteiger partial charge in [0.05, 0.1) is 63.8 Å². The lowest BCUT2D eigenvalue weighted by atomic mass is 9.82. The summed E-state index contributed by atoms with van der Waals surface area (Å²) in [5.74, 6) is 0.991. The molecule has 3 amide bonds. The molecule has 324 valence electrons. The average molecular weight is 870 g/mol. The van der Waals surface area contributed by atoms with Gasteiger partial charge >= 0.3 is 0 Å². The lowest BCUT2D eigenvalue weighted by molar-refractivity contribution is -0.151. The Labute approximate surface area is 374 Å². The van der Waals surface area contributed by atoms with Gasteiger partial charge in [-0.15, -0.1) is 0 Å². The van der Waals surface area contributed by atoms with Gasteiger partial charge in [0, 0.05) is 23.7 Å². The Hall–Kier alpha value is -6.53. The summed E-state index contributed by atoms with van der Waals surface area (Å²) in [7, 11) is -0.905. The molecule has 4 aliphatic rings. The molecule has 1 fully saturated rings. The van der Waals surface area contributed by atoms with Crippen molar-refractivity contribution in [1.82, 2.24) is 4.90 Å². The highest BCUT2D eigenvalue weighted by atomic mass is 28.3. The molecule has 0 aromatic heterocycles. The van der Waals surface area contributed by atoms with Crippen LogP contribution in [-0.4, -0.2) is 61.7 Å². The largest absolute Gasteiger partial charge is 0.497 e. The maximum atomic E-state index is 15.6. The third kappa shape index (κ3) is 6.72. The highest BCUT2D eigenvalue weighted by Gasteiger charge is 2.66. The molecule has 0 bridgehead atoms. The van der Waals surface area contributed by atoms with E-state index in [-0.39, 0.29) is 54.8 Å². The van der Waals surface area contributed by atoms with E-state index in [0.29, 0.717) is 41.4 Å². The molecule has 1 spiro atoms. The van der Waals surface area contributed by atoms with Gasteiger partial charge in [-0.05, 0) is 83.2 Å². The van der Waals surface area contributed by atoms with Gasteiger partial charge in [0.1, 0.15) is 11.5 Å². The van der Waals surface area contributed by atoms with Crippen molar-refractivity contribution in [3.05, 3.63) is 173 Å². The number of ether oxygens (including phenoxy) is 3. The summed E-state index contributed by atoms with van der Waals surface area (Å²) < 4.78 is 19.2. The molecule has 6 aromatic rings. The predicted molar refractivity (Wildman–Crippen MR) is 249 cm³/mol. The number of nitrogens with zero attached hydrogens (tertiary/aromatic N) is 3. The summed E-state index contributed by atoms with van der Waals surface area (Å²) in [5.41, 5.74) is 4.76. The summed E-state index contributed by atoms with van der Waals surface area (Å²) in [6.07, 6.45) is 0.0428. The van der Waals surface area contributed by atoms with Gasteiger partial charge in [0.25, 0.3) is 11.8 Å². The number of anilines is 3. The molecule has 0 saturated carbocycles. The number of aliphatic hydroxyl groups excluding tert-OH is 1. The zero-order chi connectivity index (χ0) is 44.3. The van der Waals surface area contributed by atoms with Crippen molar-refractivity contribution in [2.45, 2.75) is 69.2 Å². The van der Waals surface area contributed by atoms with E-state index in [1.807, 2.05) is 125 Å². The first-order chi connectivity index (χ1) is 31.0. The zero-order valence-corrected chi connectivity index (χ0v) is 37.4. The smallest absolute Gasteiger partial charge is 0.266 e. The van der Waals surface area contributed by atoms with Crippen LogP contribution < -0.4 is 24.5 Å². The second-order valence-corrected chi connectivity index (χ2v) is 22.7. The number of hydrogen-bond donors (Lipinski definition) is 1. The third-order valence-electron chi connectivity index (χ3n) is 14.2. The quantitative estimate of drug-likeness (QED) is 0.145. The minimum atomic E-state index is -2.56. The Morgan fingerprint density at radius 2 is 1.50 bits per heavy atom. The van der Waals surface area contributed by atoms with Gasteiger partial charge in [-0.2, -0.15) is 0 Å². The molecule has 1 saturated heterocycles. The van der Waals surface area contributed by atoms with Crippen molar-refractivity contribution in [2.24, 2.45) is 5.92 Å². The Bertz CT molecular complexity index is 2790. The van der Waals surface area contributed by atoms with Crippen molar-refractivity contribution < 1.29 is 33.7 Å². The molecule has 0 aliphatic carbocycles. The van der Waals surface area contributed by atoms with Gasteiger partial charge in [0.2, 0.25) is 5.91 Å². The number of fused-ring (bicyclic) bond motifs is 5. The first-order valence-electron chi connectivity index (χ1n) is 22.0.